The lowest BCUT2D eigenvalue weighted by Crippen LogP contribution is -2.48. The Morgan fingerprint density at radius 1 is 1.07 bits per heavy atom. The fourth-order valence-electron chi connectivity index (χ4n) is 5.22. The molecule has 27 heavy (non-hydrogen) atoms. The van der Waals surface area contributed by atoms with Crippen LogP contribution in [0.15, 0.2) is 36.4 Å². The Morgan fingerprint density at radius 2 is 2.00 bits per heavy atom. The number of ether oxygens (including phenoxy) is 3. The van der Waals surface area contributed by atoms with Gasteiger partial charge in [-0.05, 0) is 36.1 Å². The monoisotopic (exact) mass is 365 g/mol. The molecule has 1 N–H and O–H groups in total. The Kier molecular flexibility index (Phi) is 3.29. The minimum absolute atomic E-state index is 0.179. The van der Waals surface area contributed by atoms with Gasteiger partial charge in [0.25, 0.3) is 0 Å². The third-order valence-corrected chi connectivity index (χ3v) is 6.58. The lowest BCUT2D eigenvalue weighted by Gasteiger charge is -2.33. The van der Waals surface area contributed by atoms with Crippen LogP contribution in [0.2, 0.25) is 0 Å². The van der Waals surface area contributed by atoms with Crippen LogP contribution in [0.4, 0.5) is 5.69 Å². The fraction of sp³-hybridized carbons (Fsp3) is 0.455. The zero-order valence-corrected chi connectivity index (χ0v) is 15.2. The van der Waals surface area contributed by atoms with E-state index in [0.717, 1.165) is 60.8 Å². The highest BCUT2D eigenvalue weighted by atomic mass is 16.5. The van der Waals surface area contributed by atoms with Gasteiger partial charge < -0.3 is 24.2 Å². The first kappa shape index (κ1) is 15.8. The standard InChI is InChI=1S/C22H23NO4/c24-21-22(13-27-20-11-19-14(7-9-26-19)10-17(20)22)16-5-1-2-6-18(16)23(21)12-15-4-3-8-25-15/h1-2,5-6,10-11,15,21,24H,3-4,7-9,12-13H2. The predicted octanol–water partition coefficient (Wildman–Crippen LogP) is 2.62. The molecule has 3 atom stereocenters. The number of para-hydroxylation sites is 1. The van der Waals surface area contributed by atoms with Crippen molar-refractivity contribution in [3.05, 3.63) is 53.1 Å². The van der Waals surface area contributed by atoms with E-state index in [4.69, 9.17) is 14.2 Å². The molecule has 0 bridgehead atoms. The van der Waals surface area contributed by atoms with E-state index < -0.39 is 11.6 Å². The molecule has 4 aliphatic heterocycles. The highest BCUT2D eigenvalue weighted by Crippen LogP contribution is 2.55. The molecule has 4 aliphatic rings. The Morgan fingerprint density at radius 3 is 2.89 bits per heavy atom. The first-order valence-corrected chi connectivity index (χ1v) is 9.86. The van der Waals surface area contributed by atoms with Crippen LogP contribution in [0.5, 0.6) is 11.5 Å². The molecular formula is C22H23NO4. The van der Waals surface area contributed by atoms with Gasteiger partial charge in [0.1, 0.15) is 29.7 Å². The molecule has 4 heterocycles. The molecule has 0 saturated carbocycles. The second-order valence-electron chi connectivity index (χ2n) is 7.99. The maximum Gasteiger partial charge on any atom is 0.144 e. The SMILES string of the molecule is OC1N(CC2CCCO2)c2ccccc2C12COc1cc3c(cc12)CCO3. The molecule has 3 unspecified atom stereocenters. The van der Waals surface area contributed by atoms with Crippen molar-refractivity contribution >= 4 is 5.69 Å². The van der Waals surface area contributed by atoms with Crippen LogP contribution in [0.1, 0.15) is 29.5 Å². The molecule has 1 fully saturated rings. The summed E-state index contributed by atoms with van der Waals surface area (Å²) in [5.41, 5.74) is 3.98. The summed E-state index contributed by atoms with van der Waals surface area (Å²) >= 11 is 0. The summed E-state index contributed by atoms with van der Waals surface area (Å²) < 4.78 is 17.7. The summed E-state index contributed by atoms with van der Waals surface area (Å²) in [5, 5.41) is 11.6. The molecule has 0 amide bonds. The normalized spacial score (nSPS) is 30.2. The van der Waals surface area contributed by atoms with E-state index in [1.807, 2.05) is 12.1 Å². The van der Waals surface area contributed by atoms with Crippen molar-refractivity contribution in [3.8, 4) is 11.5 Å². The zero-order valence-electron chi connectivity index (χ0n) is 15.2. The molecule has 0 radical (unpaired) electrons. The summed E-state index contributed by atoms with van der Waals surface area (Å²) in [6.45, 7) is 2.70. The van der Waals surface area contributed by atoms with E-state index in [1.165, 1.54) is 5.56 Å². The Hall–Kier alpha value is -2.24. The second-order valence-corrected chi connectivity index (χ2v) is 7.99. The molecule has 0 aliphatic carbocycles. The van der Waals surface area contributed by atoms with Crippen LogP contribution >= 0.6 is 0 Å². The summed E-state index contributed by atoms with van der Waals surface area (Å²) in [5.74, 6) is 1.76. The first-order valence-electron chi connectivity index (χ1n) is 9.86. The number of aliphatic hydroxyl groups excluding tert-OH is 1. The fourth-order valence-corrected chi connectivity index (χ4v) is 5.22. The zero-order chi connectivity index (χ0) is 18.0. The molecule has 1 spiro atoms. The van der Waals surface area contributed by atoms with E-state index in [0.29, 0.717) is 13.2 Å². The number of rotatable bonds is 2. The Bertz CT molecular complexity index is 907. The number of fused-ring (bicyclic) bond motifs is 5. The number of hydrogen-bond donors (Lipinski definition) is 1. The maximum absolute atomic E-state index is 11.6. The lowest BCUT2D eigenvalue weighted by molar-refractivity contribution is 0.0713. The number of nitrogens with zero attached hydrogens (tertiary/aromatic N) is 1. The molecule has 5 nitrogen and oxygen atoms in total. The molecule has 1 saturated heterocycles. The highest BCUT2D eigenvalue weighted by Gasteiger charge is 2.57. The Labute approximate surface area is 158 Å². The van der Waals surface area contributed by atoms with E-state index in [9.17, 15) is 5.11 Å². The smallest absolute Gasteiger partial charge is 0.144 e. The number of anilines is 1. The highest BCUT2D eigenvalue weighted by molar-refractivity contribution is 5.71. The van der Waals surface area contributed by atoms with Gasteiger partial charge in [0.05, 0.1) is 12.7 Å². The van der Waals surface area contributed by atoms with Crippen molar-refractivity contribution in [2.45, 2.75) is 37.0 Å². The summed E-state index contributed by atoms with van der Waals surface area (Å²) in [6.07, 6.45) is 2.57. The maximum atomic E-state index is 11.6. The van der Waals surface area contributed by atoms with Gasteiger partial charge >= 0.3 is 0 Å². The van der Waals surface area contributed by atoms with Crippen molar-refractivity contribution < 1.29 is 19.3 Å². The predicted molar refractivity (Wildman–Crippen MR) is 101 cm³/mol. The summed E-state index contributed by atoms with van der Waals surface area (Å²) in [6, 6.07) is 12.5. The van der Waals surface area contributed by atoms with Crippen LogP contribution in [0, 0.1) is 0 Å². The van der Waals surface area contributed by atoms with Crippen LogP contribution < -0.4 is 14.4 Å². The van der Waals surface area contributed by atoms with Gasteiger partial charge in [-0.2, -0.15) is 0 Å². The average Bonchev–Trinajstić information content (AvgIpc) is 3.46. The Balaban J connectivity index is 1.48. The molecule has 0 aromatic heterocycles. The van der Waals surface area contributed by atoms with Gasteiger partial charge in [-0.1, -0.05) is 18.2 Å². The van der Waals surface area contributed by atoms with Crippen LogP contribution in [-0.2, 0) is 16.6 Å². The van der Waals surface area contributed by atoms with Gasteiger partial charge in [0.2, 0.25) is 0 Å². The van der Waals surface area contributed by atoms with Crippen molar-refractivity contribution in [3.63, 3.8) is 0 Å². The van der Waals surface area contributed by atoms with E-state index in [-0.39, 0.29) is 6.10 Å². The minimum Gasteiger partial charge on any atom is -0.493 e. The van der Waals surface area contributed by atoms with E-state index >= 15 is 0 Å². The molecule has 2 aromatic rings. The van der Waals surface area contributed by atoms with Crippen LogP contribution in [0.3, 0.4) is 0 Å². The van der Waals surface area contributed by atoms with Gasteiger partial charge in [-0.25, -0.2) is 0 Å². The van der Waals surface area contributed by atoms with Gasteiger partial charge in [-0.15, -0.1) is 0 Å². The lowest BCUT2D eigenvalue weighted by atomic mass is 9.76. The second kappa shape index (κ2) is 5.63. The number of hydrogen-bond acceptors (Lipinski definition) is 5. The summed E-state index contributed by atoms with van der Waals surface area (Å²) in [4.78, 5) is 2.12. The number of benzene rings is 2. The number of aliphatic hydroxyl groups is 1. The van der Waals surface area contributed by atoms with E-state index in [1.54, 1.807) is 0 Å². The van der Waals surface area contributed by atoms with Crippen LogP contribution in [0.25, 0.3) is 0 Å². The van der Waals surface area contributed by atoms with Crippen molar-refractivity contribution in [1.82, 2.24) is 0 Å². The molecule has 2 aromatic carbocycles. The third kappa shape index (κ3) is 2.07. The van der Waals surface area contributed by atoms with Crippen molar-refractivity contribution in [1.29, 1.82) is 0 Å². The molecular weight excluding hydrogens is 342 g/mol. The topological polar surface area (TPSA) is 51.2 Å². The van der Waals surface area contributed by atoms with Gasteiger partial charge in [0.15, 0.2) is 0 Å². The van der Waals surface area contributed by atoms with Crippen molar-refractivity contribution in [2.24, 2.45) is 0 Å². The average molecular weight is 365 g/mol. The molecule has 140 valence electrons. The van der Waals surface area contributed by atoms with E-state index in [2.05, 4.69) is 29.2 Å². The summed E-state index contributed by atoms with van der Waals surface area (Å²) in [7, 11) is 0. The van der Waals surface area contributed by atoms with Gasteiger partial charge in [0, 0.05) is 36.9 Å². The third-order valence-electron chi connectivity index (χ3n) is 6.58. The molecule has 5 heteroatoms. The van der Waals surface area contributed by atoms with Crippen LogP contribution in [-0.4, -0.2) is 43.8 Å². The minimum atomic E-state index is -0.666. The molecule has 6 rings (SSSR count). The quantitative estimate of drug-likeness (QED) is 0.887. The van der Waals surface area contributed by atoms with Crippen molar-refractivity contribution in [2.75, 3.05) is 31.3 Å². The largest absolute Gasteiger partial charge is 0.493 e. The van der Waals surface area contributed by atoms with Gasteiger partial charge in [-0.3, -0.25) is 0 Å². The first-order chi connectivity index (χ1) is 13.3.